The van der Waals surface area contributed by atoms with E-state index in [0.29, 0.717) is 11.5 Å². The van der Waals surface area contributed by atoms with Crippen molar-refractivity contribution in [3.63, 3.8) is 0 Å². The van der Waals surface area contributed by atoms with Crippen LogP contribution in [0, 0.1) is 5.92 Å². The molecule has 0 saturated carbocycles. The van der Waals surface area contributed by atoms with Gasteiger partial charge in [-0.1, -0.05) is 5.16 Å². The Bertz CT molecular complexity index is 180. The second-order valence-corrected chi connectivity index (χ2v) is 3.15. The number of oxime groups is 1. The van der Waals surface area contributed by atoms with Crippen LogP contribution >= 0.6 is 11.8 Å². The highest BCUT2D eigenvalue weighted by Crippen LogP contribution is 2.26. The third-order valence-electron chi connectivity index (χ3n) is 1.40. The Morgan fingerprint density at radius 3 is 3.00 bits per heavy atom. The van der Waals surface area contributed by atoms with E-state index >= 15 is 0 Å². The van der Waals surface area contributed by atoms with Gasteiger partial charge in [0.25, 0.3) is 0 Å². The summed E-state index contributed by atoms with van der Waals surface area (Å²) in [6, 6.07) is 0. The van der Waals surface area contributed by atoms with E-state index in [4.69, 9.17) is 10.9 Å². The summed E-state index contributed by atoms with van der Waals surface area (Å²) in [6.07, 6.45) is 0.694. The van der Waals surface area contributed by atoms with E-state index in [1.165, 1.54) is 11.8 Å². The lowest BCUT2D eigenvalue weighted by molar-refractivity contribution is -0.119. The lowest BCUT2D eigenvalue weighted by Crippen LogP contribution is -2.25. The van der Waals surface area contributed by atoms with Crippen molar-refractivity contribution in [1.29, 1.82) is 0 Å². The summed E-state index contributed by atoms with van der Waals surface area (Å²) in [5.41, 5.74) is 5.02. The summed E-state index contributed by atoms with van der Waals surface area (Å²) in [5, 5.41) is 11.8. The Balaban J connectivity index is 2.68. The van der Waals surface area contributed by atoms with Crippen molar-refractivity contribution in [3.8, 4) is 0 Å². The van der Waals surface area contributed by atoms with Crippen LogP contribution in [0.5, 0.6) is 0 Å². The minimum Gasteiger partial charge on any atom is -0.410 e. The van der Waals surface area contributed by atoms with Gasteiger partial charge in [-0.25, -0.2) is 0 Å². The van der Waals surface area contributed by atoms with Crippen molar-refractivity contribution in [1.82, 2.24) is 0 Å². The fraction of sp³-hybridized carbons (Fsp3) is 0.600. The summed E-state index contributed by atoms with van der Waals surface area (Å²) in [5.74, 6) is 0.0558. The van der Waals surface area contributed by atoms with Crippen LogP contribution in [0.2, 0.25) is 0 Å². The van der Waals surface area contributed by atoms with Gasteiger partial charge in [-0.2, -0.15) is 0 Å². The van der Waals surface area contributed by atoms with Crippen LogP contribution in [-0.2, 0) is 4.79 Å². The molecule has 3 N–H and O–H groups in total. The molecule has 1 aliphatic heterocycles. The van der Waals surface area contributed by atoms with Crippen molar-refractivity contribution in [2.75, 3.05) is 5.75 Å². The predicted molar refractivity (Wildman–Crippen MR) is 39.0 cm³/mol. The SMILES string of the molecule is NC(=O)C1CCSC1=NO. The molecule has 1 unspecified atom stereocenters. The molecule has 0 aliphatic carbocycles. The van der Waals surface area contributed by atoms with Gasteiger partial charge >= 0.3 is 0 Å². The third kappa shape index (κ3) is 1.23. The molecule has 0 bridgehead atoms. The van der Waals surface area contributed by atoms with Crippen LogP contribution in [0.3, 0.4) is 0 Å². The van der Waals surface area contributed by atoms with Gasteiger partial charge in [0.2, 0.25) is 5.91 Å². The van der Waals surface area contributed by atoms with Gasteiger partial charge in [-0.3, -0.25) is 4.79 Å². The number of thioether (sulfide) groups is 1. The smallest absolute Gasteiger partial charge is 0.227 e. The molecule has 0 spiro atoms. The average molecular weight is 160 g/mol. The van der Waals surface area contributed by atoms with Crippen molar-refractivity contribution in [2.24, 2.45) is 16.8 Å². The van der Waals surface area contributed by atoms with E-state index in [1.54, 1.807) is 0 Å². The van der Waals surface area contributed by atoms with E-state index in [1.807, 2.05) is 0 Å². The lowest BCUT2D eigenvalue weighted by atomic mass is 10.1. The number of primary amides is 1. The van der Waals surface area contributed by atoms with E-state index < -0.39 is 5.91 Å². The van der Waals surface area contributed by atoms with E-state index in [9.17, 15) is 4.79 Å². The van der Waals surface area contributed by atoms with E-state index in [0.717, 1.165) is 5.75 Å². The van der Waals surface area contributed by atoms with Crippen LogP contribution in [0.1, 0.15) is 6.42 Å². The summed E-state index contributed by atoms with van der Waals surface area (Å²) in [6.45, 7) is 0. The highest BCUT2D eigenvalue weighted by atomic mass is 32.2. The van der Waals surface area contributed by atoms with Gasteiger partial charge in [0.15, 0.2) is 0 Å². The Labute approximate surface area is 62.5 Å². The molecule has 1 rings (SSSR count). The molecular weight excluding hydrogens is 152 g/mol. The first kappa shape index (κ1) is 7.40. The Hall–Kier alpha value is -0.710. The molecule has 5 heteroatoms. The minimum absolute atomic E-state index is 0.352. The molecule has 10 heavy (non-hydrogen) atoms. The number of carbonyl (C=O) groups excluding carboxylic acids is 1. The first-order valence-corrected chi connectivity index (χ1v) is 3.88. The fourth-order valence-electron chi connectivity index (χ4n) is 0.868. The topological polar surface area (TPSA) is 75.7 Å². The standard InChI is InChI=1S/C5H8N2O2S/c6-4(8)3-1-2-10-5(3)7-9/h3,9H,1-2H2,(H2,6,8). The maximum absolute atomic E-state index is 10.6. The van der Waals surface area contributed by atoms with Crippen molar-refractivity contribution < 1.29 is 10.0 Å². The molecular formula is C5H8N2O2S. The zero-order chi connectivity index (χ0) is 7.56. The normalized spacial score (nSPS) is 29.2. The van der Waals surface area contributed by atoms with Crippen LogP contribution in [-0.4, -0.2) is 21.9 Å². The van der Waals surface area contributed by atoms with Gasteiger partial charge in [0.05, 0.1) is 5.92 Å². The molecule has 0 aromatic rings. The average Bonchev–Trinajstić information content (AvgIpc) is 2.33. The van der Waals surface area contributed by atoms with E-state index in [2.05, 4.69) is 5.16 Å². The maximum Gasteiger partial charge on any atom is 0.227 e. The summed E-state index contributed by atoms with van der Waals surface area (Å²) >= 11 is 1.38. The Morgan fingerprint density at radius 2 is 2.60 bits per heavy atom. The molecule has 1 heterocycles. The van der Waals surface area contributed by atoms with Crippen LogP contribution in [0.4, 0.5) is 0 Å². The first-order valence-electron chi connectivity index (χ1n) is 2.89. The molecule has 1 saturated heterocycles. The zero-order valence-corrected chi connectivity index (χ0v) is 6.10. The molecule has 1 fully saturated rings. The predicted octanol–water partition coefficient (Wildman–Crippen LogP) is 0.0125. The summed E-state index contributed by atoms with van der Waals surface area (Å²) < 4.78 is 0. The molecule has 1 amide bonds. The molecule has 0 aromatic heterocycles. The fourth-order valence-corrected chi connectivity index (χ4v) is 1.92. The number of amides is 1. The first-order chi connectivity index (χ1) is 4.75. The molecule has 1 aliphatic rings. The number of nitrogens with two attached hydrogens (primary N) is 1. The second kappa shape index (κ2) is 2.92. The minimum atomic E-state index is -0.405. The number of hydrogen-bond donors (Lipinski definition) is 2. The highest BCUT2D eigenvalue weighted by molar-refractivity contribution is 8.14. The van der Waals surface area contributed by atoms with Crippen LogP contribution in [0.15, 0.2) is 5.16 Å². The third-order valence-corrected chi connectivity index (χ3v) is 2.50. The largest absolute Gasteiger partial charge is 0.410 e. The molecule has 0 aromatic carbocycles. The van der Waals surface area contributed by atoms with Gasteiger partial charge < -0.3 is 10.9 Å². The van der Waals surface area contributed by atoms with E-state index in [-0.39, 0.29) is 5.92 Å². The molecule has 0 radical (unpaired) electrons. The van der Waals surface area contributed by atoms with Crippen molar-refractivity contribution in [3.05, 3.63) is 0 Å². The van der Waals surface area contributed by atoms with Gasteiger partial charge in [0.1, 0.15) is 5.04 Å². The molecule has 56 valence electrons. The number of rotatable bonds is 1. The molecule has 4 nitrogen and oxygen atoms in total. The van der Waals surface area contributed by atoms with Crippen molar-refractivity contribution >= 4 is 22.7 Å². The highest BCUT2D eigenvalue weighted by Gasteiger charge is 2.28. The summed E-state index contributed by atoms with van der Waals surface area (Å²) in [4.78, 5) is 10.6. The second-order valence-electron chi connectivity index (χ2n) is 2.03. The monoisotopic (exact) mass is 160 g/mol. The lowest BCUT2D eigenvalue weighted by Gasteiger charge is -2.00. The van der Waals surface area contributed by atoms with Crippen LogP contribution < -0.4 is 5.73 Å². The Kier molecular flexibility index (Phi) is 2.16. The zero-order valence-electron chi connectivity index (χ0n) is 5.28. The number of carbonyl (C=O) groups is 1. The Morgan fingerprint density at radius 1 is 1.90 bits per heavy atom. The molecule has 1 atom stereocenters. The van der Waals surface area contributed by atoms with Gasteiger partial charge in [-0.05, 0) is 6.42 Å². The van der Waals surface area contributed by atoms with Gasteiger partial charge in [0, 0.05) is 5.75 Å². The quantitative estimate of drug-likeness (QED) is 0.419. The number of nitrogens with zero attached hydrogens (tertiary/aromatic N) is 1. The maximum atomic E-state index is 10.6. The number of hydrogen-bond acceptors (Lipinski definition) is 4. The van der Waals surface area contributed by atoms with Crippen molar-refractivity contribution in [2.45, 2.75) is 6.42 Å². The van der Waals surface area contributed by atoms with Crippen LogP contribution in [0.25, 0.3) is 0 Å². The summed E-state index contributed by atoms with van der Waals surface area (Å²) in [7, 11) is 0. The van der Waals surface area contributed by atoms with Gasteiger partial charge in [-0.15, -0.1) is 11.8 Å².